The Morgan fingerprint density at radius 1 is 1.21 bits per heavy atom. The zero-order valence-corrected chi connectivity index (χ0v) is 9.28. The van der Waals surface area contributed by atoms with Crippen molar-refractivity contribution in [3.63, 3.8) is 0 Å². The fourth-order valence-corrected chi connectivity index (χ4v) is 2.18. The highest BCUT2D eigenvalue weighted by Gasteiger charge is 2.30. The quantitative estimate of drug-likeness (QED) is 0.712. The van der Waals surface area contributed by atoms with Gasteiger partial charge in [0.15, 0.2) is 0 Å². The van der Waals surface area contributed by atoms with Crippen LogP contribution in [0.25, 0.3) is 0 Å². The molecule has 0 spiro atoms. The van der Waals surface area contributed by atoms with Crippen LogP contribution in [-0.4, -0.2) is 54.6 Å². The van der Waals surface area contributed by atoms with Crippen molar-refractivity contribution >= 4 is 0 Å². The van der Waals surface area contributed by atoms with Gasteiger partial charge in [0, 0.05) is 38.3 Å². The molecule has 1 aliphatic carbocycles. The Bertz CT molecular complexity index is 169. The minimum absolute atomic E-state index is 0.358. The molecule has 3 nitrogen and oxygen atoms in total. The molecular weight excluding hydrogens is 174 g/mol. The van der Waals surface area contributed by atoms with E-state index in [1.165, 1.54) is 45.6 Å². The Hall–Kier alpha value is -0.120. The summed E-state index contributed by atoms with van der Waals surface area (Å²) in [6.07, 6.45) is 4.03. The van der Waals surface area contributed by atoms with Gasteiger partial charge in [0.1, 0.15) is 0 Å². The van der Waals surface area contributed by atoms with Crippen LogP contribution < -0.4 is 5.73 Å². The van der Waals surface area contributed by atoms with Gasteiger partial charge in [-0.3, -0.25) is 4.90 Å². The van der Waals surface area contributed by atoms with Crippen molar-refractivity contribution < 1.29 is 0 Å². The fraction of sp³-hybridized carbons (Fsp3) is 1.00. The van der Waals surface area contributed by atoms with Gasteiger partial charge in [-0.15, -0.1) is 0 Å². The van der Waals surface area contributed by atoms with Crippen LogP contribution in [0.3, 0.4) is 0 Å². The summed E-state index contributed by atoms with van der Waals surface area (Å²) in [4.78, 5) is 5.21. The van der Waals surface area contributed by atoms with Crippen molar-refractivity contribution in [2.75, 3.05) is 32.7 Å². The van der Waals surface area contributed by atoms with Crippen molar-refractivity contribution in [1.29, 1.82) is 0 Å². The van der Waals surface area contributed by atoms with Crippen LogP contribution in [0.15, 0.2) is 0 Å². The molecule has 2 aliphatic rings. The van der Waals surface area contributed by atoms with Crippen molar-refractivity contribution in [3.8, 4) is 0 Å². The van der Waals surface area contributed by atoms with Crippen molar-refractivity contribution in [2.24, 2.45) is 5.73 Å². The fourth-order valence-electron chi connectivity index (χ4n) is 2.18. The van der Waals surface area contributed by atoms with Gasteiger partial charge >= 0.3 is 0 Å². The summed E-state index contributed by atoms with van der Waals surface area (Å²) in [5, 5.41) is 0. The molecule has 0 bridgehead atoms. The molecule has 0 amide bonds. The summed E-state index contributed by atoms with van der Waals surface area (Å²) in [6, 6.07) is 1.31. The van der Waals surface area contributed by atoms with Gasteiger partial charge in [-0.2, -0.15) is 0 Å². The normalized spacial score (nSPS) is 27.9. The maximum atomic E-state index is 5.76. The molecule has 1 aliphatic heterocycles. The largest absolute Gasteiger partial charge is 0.328 e. The van der Waals surface area contributed by atoms with Crippen LogP contribution >= 0.6 is 0 Å². The third kappa shape index (κ3) is 2.94. The molecule has 1 unspecified atom stereocenters. The lowest BCUT2D eigenvalue weighted by atomic mass is 10.2. The van der Waals surface area contributed by atoms with Gasteiger partial charge in [0.2, 0.25) is 0 Å². The summed E-state index contributed by atoms with van der Waals surface area (Å²) in [6.45, 7) is 8.36. The SMILES string of the molecule is CC(N)CCN1CCN(C2CC2)CC1. The first-order valence-corrected chi connectivity index (χ1v) is 5.97. The molecule has 1 saturated carbocycles. The van der Waals surface area contributed by atoms with Crippen LogP contribution in [0.5, 0.6) is 0 Å². The van der Waals surface area contributed by atoms with Gasteiger partial charge < -0.3 is 10.6 Å². The lowest BCUT2D eigenvalue weighted by Crippen LogP contribution is -2.47. The van der Waals surface area contributed by atoms with Gasteiger partial charge in [-0.1, -0.05) is 0 Å². The molecule has 2 N–H and O–H groups in total. The summed E-state index contributed by atoms with van der Waals surface area (Å²) in [5.41, 5.74) is 5.76. The monoisotopic (exact) mass is 197 g/mol. The first kappa shape index (κ1) is 10.4. The number of nitrogens with two attached hydrogens (primary N) is 1. The van der Waals surface area contributed by atoms with E-state index in [-0.39, 0.29) is 0 Å². The van der Waals surface area contributed by atoms with Gasteiger partial charge in [0.05, 0.1) is 0 Å². The molecule has 0 aromatic carbocycles. The van der Waals surface area contributed by atoms with E-state index in [9.17, 15) is 0 Å². The standard InChI is InChI=1S/C11H23N3/c1-10(12)4-5-13-6-8-14(9-7-13)11-2-3-11/h10-11H,2-9,12H2,1H3. The zero-order chi connectivity index (χ0) is 9.97. The average molecular weight is 197 g/mol. The predicted octanol–water partition coefficient (Wildman–Crippen LogP) is 0.504. The van der Waals surface area contributed by atoms with E-state index in [4.69, 9.17) is 5.73 Å². The molecule has 1 atom stereocenters. The number of piperazine rings is 1. The van der Waals surface area contributed by atoms with Crippen LogP contribution in [-0.2, 0) is 0 Å². The van der Waals surface area contributed by atoms with Crippen LogP contribution in [0.2, 0.25) is 0 Å². The van der Waals surface area contributed by atoms with E-state index in [0.717, 1.165) is 12.5 Å². The molecule has 2 rings (SSSR count). The molecule has 0 aromatic heterocycles. The smallest absolute Gasteiger partial charge is 0.0113 e. The second kappa shape index (κ2) is 4.60. The Morgan fingerprint density at radius 2 is 1.86 bits per heavy atom. The summed E-state index contributed by atoms with van der Waals surface area (Å²) >= 11 is 0. The van der Waals surface area contributed by atoms with E-state index in [1.807, 2.05) is 0 Å². The number of rotatable bonds is 4. The zero-order valence-electron chi connectivity index (χ0n) is 9.28. The molecule has 0 aromatic rings. The number of nitrogens with zero attached hydrogens (tertiary/aromatic N) is 2. The molecule has 0 radical (unpaired) electrons. The highest BCUT2D eigenvalue weighted by atomic mass is 15.3. The lowest BCUT2D eigenvalue weighted by Gasteiger charge is -2.35. The van der Waals surface area contributed by atoms with Crippen molar-refractivity contribution in [1.82, 2.24) is 9.80 Å². The Labute approximate surface area is 87.2 Å². The molecule has 3 heteroatoms. The third-order valence-corrected chi connectivity index (χ3v) is 3.37. The highest BCUT2D eigenvalue weighted by molar-refractivity contribution is 4.87. The molecule has 1 saturated heterocycles. The van der Waals surface area contributed by atoms with Crippen molar-refractivity contribution in [3.05, 3.63) is 0 Å². The summed E-state index contributed by atoms with van der Waals surface area (Å²) in [5.74, 6) is 0. The minimum atomic E-state index is 0.358. The number of hydrogen-bond acceptors (Lipinski definition) is 3. The van der Waals surface area contributed by atoms with Gasteiger partial charge in [-0.25, -0.2) is 0 Å². The van der Waals surface area contributed by atoms with Crippen molar-refractivity contribution in [2.45, 2.75) is 38.3 Å². The maximum absolute atomic E-state index is 5.76. The van der Waals surface area contributed by atoms with Crippen LogP contribution in [0, 0.1) is 0 Å². The van der Waals surface area contributed by atoms with Crippen LogP contribution in [0.4, 0.5) is 0 Å². The molecule has 14 heavy (non-hydrogen) atoms. The van der Waals surface area contributed by atoms with E-state index >= 15 is 0 Å². The Kier molecular flexibility index (Phi) is 3.42. The maximum Gasteiger partial charge on any atom is 0.0113 e. The Balaban J connectivity index is 1.62. The Morgan fingerprint density at radius 3 is 2.36 bits per heavy atom. The molecular formula is C11H23N3. The first-order valence-electron chi connectivity index (χ1n) is 5.97. The van der Waals surface area contributed by atoms with E-state index < -0.39 is 0 Å². The lowest BCUT2D eigenvalue weighted by molar-refractivity contribution is 0.124. The van der Waals surface area contributed by atoms with E-state index in [1.54, 1.807) is 0 Å². The molecule has 2 fully saturated rings. The van der Waals surface area contributed by atoms with Gasteiger partial charge in [0.25, 0.3) is 0 Å². The molecule has 1 heterocycles. The highest BCUT2D eigenvalue weighted by Crippen LogP contribution is 2.27. The average Bonchev–Trinajstić information content (AvgIpc) is 2.99. The minimum Gasteiger partial charge on any atom is -0.328 e. The second-order valence-electron chi connectivity index (χ2n) is 4.87. The van der Waals surface area contributed by atoms with E-state index in [2.05, 4.69) is 16.7 Å². The van der Waals surface area contributed by atoms with Gasteiger partial charge in [-0.05, 0) is 32.7 Å². The number of hydrogen-bond donors (Lipinski definition) is 1. The second-order valence-corrected chi connectivity index (χ2v) is 4.87. The first-order chi connectivity index (χ1) is 6.75. The third-order valence-electron chi connectivity index (χ3n) is 3.37. The molecule has 82 valence electrons. The summed E-state index contributed by atoms with van der Waals surface area (Å²) in [7, 11) is 0. The summed E-state index contributed by atoms with van der Waals surface area (Å²) < 4.78 is 0. The van der Waals surface area contributed by atoms with E-state index in [0.29, 0.717) is 6.04 Å². The van der Waals surface area contributed by atoms with Crippen LogP contribution in [0.1, 0.15) is 26.2 Å². The topological polar surface area (TPSA) is 32.5 Å². The predicted molar refractivity (Wildman–Crippen MR) is 59.3 cm³/mol.